The molecule has 90 valence electrons. The van der Waals surface area contributed by atoms with Gasteiger partial charge in [-0.05, 0) is 61.0 Å². The largest absolute Gasteiger partial charge is 0.397 e. The van der Waals surface area contributed by atoms with E-state index < -0.39 is 0 Å². The topological polar surface area (TPSA) is 38.0 Å². The van der Waals surface area contributed by atoms with E-state index in [9.17, 15) is 0 Å². The highest BCUT2D eigenvalue weighted by atomic mass is 32.1. The SMILES string of the molecule is Cc1cc(N)c(NCc2sccc2C)cc1C. The second-order valence-electron chi connectivity index (χ2n) is 4.40. The van der Waals surface area contributed by atoms with Crippen molar-refractivity contribution < 1.29 is 0 Å². The Morgan fingerprint density at radius 1 is 1.12 bits per heavy atom. The molecule has 1 aromatic carbocycles. The Balaban J connectivity index is 2.14. The fourth-order valence-electron chi connectivity index (χ4n) is 1.75. The van der Waals surface area contributed by atoms with Gasteiger partial charge in [0.25, 0.3) is 0 Å². The minimum Gasteiger partial charge on any atom is -0.397 e. The van der Waals surface area contributed by atoms with Crippen molar-refractivity contribution in [1.29, 1.82) is 0 Å². The quantitative estimate of drug-likeness (QED) is 0.807. The third-order valence-corrected chi connectivity index (χ3v) is 4.10. The molecule has 0 amide bonds. The van der Waals surface area contributed by atoms with Crippen molar-refractivity contribution in [2.24, 2.45) is 0 Å². The van der Waals surface area contributed by atoms with E-state index >= 15 is 0 Å². The number of nitrogen functional groups attached to an aromatic ring is 1. The summed E-state index contributed by atoms with van der Waals surface area (Å²) in [4.78, 5) is 1.36. The zero-order valence-electron chi connectivity index (χ0n) is 10.5. The summed E-state index contributed by atoms with van der Waals surface area (Å²) in [6, 6.07) is 6.29. The molecule has 0 unspecified atom stereocenters. The highest BCUT2D eigenvalue weighted by Gasteiger charge is 2.04. The van der Waals surface area contributed by atoms with Crippen LogP contribution in [0, 0.1) is 20.8 Å². The minimum absolute atomic E-state index is 0.822. The number of nitrogens with one attached hydrogen (secondary N) is 1. The molecule has 2 nitrogen and oxygen atoms in total. The van der Waals surface area contributed by atoms with Crippen LogP contribution in [0.15, 0.2) is 23.6 Å². The van der Waals surface area contributed by atoms with Crippen LogP contribution in [0.25, 0.3) is 0 Å². The van der Waals surface area contributed by atoms with E-state index in [1.54, 1.807) is 11.3 Å². The van der Waals surface area contributed by atoms with Crippen molar-refractivity contribution in [2.75, 3.05) is 11.1 Å². The van der Waals surface area contributed by atoms with E-state index in [2.05, 4.69) is 43.6 Å². The molecule has 2 rings (SSSR count). The first-order chi connectivity index (χ1) is 8.08. The highest BCUT2D eigenvalue weighted by Crippen LogP contribution is 2.24. The van der Waals surface area contributed by atoms with Crippen molar-refractivity contribution in [2.45, 2.75) is 27.3 Å². The third kappa shape index (κ3) is 2.61. The van der Waals surface area contributed by atoms with Crippen LogP contribution in [0.3, 0.4) is 0 Å². The van der Waals surface area contributed by atoms with Crippen LogP contribution in [-0.4, -0.2) is 0 Å². The Morgan fingerprint density at radius 2 is 1.82 bits per heavy atom. The van der Waals surface area contributed by atoms with Gasteiger partial charge in [0.05, 0.1) is 11.4 Å². The van der Waals surface area contributed by atoms with Crippen LogP contribution in [0.2, 0.25) is 0 Å². The van der Waals surface area contributed by atoms with Crippen LogP contribution >= 0.6 is 11.3 Å². The lowest BCUT2D eigenvalue weighted by Gasteiger charge is -2.11. The predicted molar refractivity (Wildman–Crippen MR) is 76.7 cm³/mol. The Kier molecular flexibility index (Phi) is 3.38. The lowest BCUT2D eigenvalue weighted by atomic mass is 10.1. The normalized spacial score (nSPS) is 10.5. The van der Waals surface area contributed by atoms with Crippen molar-refractivity contribution in [1.82, 2.24) is 0 Å². The molecule has 0 spiro atoms. The summed E-state index contributed by atoms with van der Waals surface area (Å²) in [6.07, 6.45) is 0. The first kappa shape index (κ1) is 12.0. The molecule has 3 heteroatoms. The molecule has 1 heterocycles. The van der Waals surface area contributed by atoms with Gasteiger partial charge in [0.1, 0.15) is 0 Å². The lowest BCUT2D eigenvalue weighted by molar-refractivity contribution is 1.16. The molecule has 0 bridgehead atoms. The molecule has 3 N–H and O–H groups in total. The van der Waals surface area contributed by atoms with Gasteiger partial charge in [-0.3, -0.25) is 0 Å². The fraction of sp³-hybridized carbons (Fsp3) is 0.286. The maximum absolute atomic E-state index is 6.01. The third-order valence-electron chi connectivity index (χ3n) is 3.07. The molecule has 0 aliphatic rings. The van der Waals surface area contributed by atoms with Crippen molar-refractivity contribution >= 4 is 22.7 Å². The van der Waals surface area contributed by atoms with Gasteiger partial charge in [-0.2, -0.15) is 0 Å². The number of anilines is 2. The molecule has 0 saturated carbocycles. The average molecular weight is 246 g/mol. The molecule has 0 atom stereocenters. The summed E-state index contributed by atoms with van der Waals surface area (Å²) in [6.45, 7) is 7.17. The van der Waals surface area contributed by atoms with Crippen LogP contribution in [0.1, 0.15) is 21.6 Å². The van der Waals surface area contributed by atoms with Crippen molar-refractivity contribution in [3.8, 4) is 0 Å². The van der Waals surface area contributed by atoms with E-state index in [-0.39, 0.29) is 0 Å². The molecule has 0 fully saturated rings. The standard InChI is InChI=1S/C14H18N2S/c1-9-4-5-17-14(9)8-16-13-7-11(3)10(2)6-12(13)15/h4-7,16H,8,15H2,1-3H3. The minimum atomic E-state index is 0.822. The molecule has 1 aromatic heterocycles. The van der Waals surface area contributed by atoms with Crippen LogP contribution in [-0.2, 0) is 6.54 Å². The molecule has 2 aromatic rings. The average Bonchev–Trinajstić information content (AvgIpc) is 2.68. The number of hydrogen-bond donors (Lipinski definition) is 2. The summed E-state index contributed by atoms with van der Waals surface area (Å²) < 4.78 is 0. The van der Waals surface area contributed by atoms with Gasteiger partial charge in [-0.1, -0.05) is 0 Å². The number of aryl methyl sites for hydroxylation is 3. The van der Waals surface area contributed by atoms with E-state index in [4.69, 9.17) is 5.73 Å². The van der Waals surface area contributed by atoms with Crippen LogP contribution in [0.4, 0.5) is 11.4 Å². The van der Waals surface area contributed by atoms with Gasteiger partial charge >= 0.3 is 0 Å². The number of hydrogen-bond acceptors (Lipinski definition) is 3. The molecule has 0 radical (unpaired) electrons. The van der Waals surface area contributed by atoms with Gasteiger partial charge < -0.3 is 11.1 Å². The Morgan fingerprint density at radius 3 is 2.47 bits per heavy atom. The molecule has 0 saturated heterocycles. The zero-order chi connectivity index (χ0) is 12.4. The Hall–Kier alpha value is -1.48. The lowest BCUT2D eigenvalue weighted by Crippen LogP contribution is -2.03. The Labute approximate surface area is 106 Å². The van der Waals surface area contributed by atoms with Crippen LogP contribution in [0.5, 0.6) is 0 Å². The predicted octanol–water partition coefficient (Wildman–Crippen LogP) is 3.87. The number of nitrogens with two attached hydrogens (primary N) is 1. The van der Waals surface area contributed by atoms with Gasteiger partial charge in [0.2, 0.25) is 0 Å². The monoisotopic (exact) mass is 246 g/mol. The number of benzene rings is 1. The maximum Gasteiger partial charge on any atom is 0.0579 e. The second kappa shape index (κ2) is 4.80. The fourth-order valence-corrected chi connectivity index (χ4v) is 2.60. The molecule has 0 aliphatic carbocycles. The van der Waals surface area contributed by atoms with Crippen LogP contribution < -0.4 is 11.1 Å². The molecule has 17 heavy (non-hydrogen) atoms. The summed E-state index contributed by atoms with van der Waals surface area (Å²) in [5, 5.41) is 5.53. The number of rotatable bonds is 3. The van der Waals surface area contributed by atoms with Gasteiger partial charge in [0, 0.05) is 11.4 Å². The van der Waals surface area contributed by atoms with E-state index in [1.165, 1.54) is 21.6 Å². The van der Waals surface area contributed by atoms with Gasteiger partial charge in [0.15, 0.2) is 0 Å². The summed E-state index contributed by atoms with van der Waals surface area (Å²) in [5.74, 6) is 0. The first-order valence-electron chi connectivity index (χ1n) is 5.71. The second-order valence-corrected chi connectivity index (χ2v) is 5.40. The van der Waals surface area contributed by atoms with Gasteiger partial charge in [-0.15, -0.1) is 11.3 Å². The number of thiophene rings is 1. The van der Waals surface area contributed by atoms with E-state index in [1.807, 2.05) is 6.07 Å². The van der Waals surface area contributed by atoms with Crippen molar-refractivity contribution in [3.63, 3.8) is 0 Å². The van der Waals surface area contributed by atoms with E-state index in [0.29, 0.717) is 0 Å². The van der Waals surface area contributed by atoms with Crippen molar-refractivity contribution in [3.05, 3.63) is 45.1 Å². The highest BCUT2D eigenvalue weighted by molar-refractivity contribution is 7.10. The summed E-state index contributed by atoms with van der Waals surface area (Å²) in [5.41, 5.74) is 11.7. The summed E-state index contributed by atoms with van der Waals surface area (Å²) >= 11 is 1.78. The summed E-state index contributed by atoms with van der Waals surface area (Å²) in [7, 11) is 0. The Bertz CT molecular complexity index is 529. The maximum atomic E-state index is 6.01. The zero-order valence-corrected chi connectivity index (χ0v) is 11.3. The first-order valence-corrected chi connectivity index (χ1v) is 6.59. The molecular formula is C14H18N2S. The van der Waals surface area contributed by atoms with Gasteiger partial charge in [-0.25, -0.2) is 0 Å². The smallest absolute Gasteiger partial charge is 0.0579 e. The van der Waals surface area contributed by atoms with E-state index in [0.717, 1.165) is 17.9 Å². The molecule has 0 aliphatic heterocycles. The molecular weight excluding hydrogens is 228 g/mol.